The smallest absolute Gasteiger partial charge is 0 e. The summed E-state index contributed by atoms with van der Waals surface area (Å²) in [4.78, 5) is 0. The van der Waals surface area contributed by atoms with Crippen LogP contribution in [0.4, 0.5) is 0 Å². The van der Waals surface area contributed by atoms with Crippen LogP contribution in [0.25, 0.3) is 0 Å². The summed E-state index contributed by atoms with van der Waals surface area (Å²) >= 11 is 0. The van der Waals surface area contributed by atoms with Gasteiger partial charge in [0.15, 0.2) is 0 Å². The Hall–Kier alpha value is -1.30. The maximum atomic E-state index is 3.64. The molecule has 0 radical (unpaired) electrons. The van der Waals surface area contributed by atoms with Gasteiger partial charge in [0, 0.05) is 17.1 Å². The fraction of sp³-hybridized carbons (Fsp3) is 0.125. The van der Waals surface area contributed by atoms with E-state index in [1.807, 2.05) is 36.4 Å². The van der Waals surface area contributed by atoms with Crippen molar-refractivity contribution in [3.8, 4) is 0 Å². The molecule has 0 aliphatic rings. The Kier molecular flexibility index (Phi) is 9.14. The molecule has 0 bridgehead atoms. The average Bonchev–Trinajstić information content (AvgIpc) is 2.92. The van der Waals surface area contributed by atoms with Crippen LogP contribution in [0.3, 0.4) is 0 Å². The van der Waals surface area contributed by atoms with E-state index in [-0.39, 0.29) is 17.1 Å². The third-order valence-corrected chi connectivity index (χ3v) is 2.22. The van der Waals surface area contributed by atoms with Gasteiger partial charge in [-0.05, 0) is 0 Å². The van der Waals surface area contributed by atoms with Crippen molar-refractivity contribution in [2.75, 3.05) is 0 Å². The molecule has 0 saturated heterocycles. The quantitative estimate of drug-likeness (QED) is 0.440. The summed E-state index contributed by atoms with van der Waals surface area (Å²) < 4.78 is 0. The molecule has 0 spiro atoms. The van der Waals surface area contributed by atoms with Crippen LogP contribution in [0, 0.1) is 0 Å². The predicted octanol–water partition coefficient (Wildman–Crippen LogP) is 4.27. The van der Waals surface area contributed by atoms with E-state index >= 15 is 0 Å². The van der Waals surface area contributed by atoms with Crippen LogP contribution >= 0.6 is 0 Å². The summed E-state index contributed by atoms with van der Waals surface area (Å²) in [6, 6.07) is 16.6. The molecule has 0 amide bonds. The van der Waals surface area contributed by atoms with Crippen LogP contribution in [-0.4, -0.2) is 0 Å². The van der Waals surface area contributed by atoms with Crippen molar-refractivity contribution in [2.45, 2.75) is 12.8 Å². The van der Waals surface area contributed by atoms with Crippen LogP contribution in [0.5, 0.6) is 0 Å². The standard InChI is InChI=1S/2C8H9.Fe/c2*1-2-5-8-6-3-4-7-8;/h2*2-4,6-7H,1,5H2;/q-5;-1;. The fourth-order valence-corrected chi connectivity index (χ4v) is 1.43. The first-order chi connectivity index (χ1) is 7.86. The second-order valence-corrected chi connectivity index (χ2v) is 3.57. The maximum absolute atomic E-state index is 3.64. The molecule has 96 valence electrons. The molecule has 0 aliphatic heterocycles. The van der Waals surface area contributed by atoms with E-state index in [0.29, 0.717) is 0 Å². The summed E-state index contributed by atoms with van der Waals surface area (Å²) in [6.45, 7) is 7.27. The van der Waals surface area contributed by atoms with Crippen LogP contribution in [0.1, 0.15) is 11.1 Å². The molecule has 2 aromatic carbocycles. The van der Waals surface area contributed by atoms with Gasteiger partial charge in [0.2, 0.25) is 0 Å². The number of rotatable bonds is 4. The Morgan fingerprint density at radius 2 is 1.47 bits per heavy atom. The molecule has 0 nitrogen and oxygen atoms in total. The van der Waals surface area contributed by atoms with Crippen LogP contribution in [0.15, 0.2) is 73.8 Å². The van der Waals surface area contributed by atoms with Crippen molar-refractivity contribution in [3.05, 3.63) is 85.0 Å². The Bertz CT molecular complexity index is 339. The van der Waals surface area contributed by atoms with Gasteiger partial charge in [-0.3, -0.25) is 0 Å². The second kappa shape index (κ2) is 9.89. The zero-order chi connectivity index (χ0) is 11.6. The van der Waals surface area contributed by atoms with Crippen molar-refractivity contribution >= 4 is 0 Å². The van der Waals surface area contributed by atoms with Crippen molar-refractivity contribution in [3.63, 3.8) is 0 Å². The molecule has 0 atom stereocenters. The molecule has 0 unspecified atom stereocenters. The van der Waals surface area contributed by atoms with Crippen molar-refractivity contribution in [2.24, 2.45) is 0 Å². The first kappa shape index (κ1) is 15.7. The van der Waals surface area contributed by atoms with Crippen molar-refractivity contribution in [1.29, 1.82) is 0 Å². The Balaban J connectivity index is 0.000000284. The minimum absolute atomic E-state index is 0. The van der Waals surface area contributed by atoms with Gasteiger partial charge >= 0.3 is 0 Å². The zero-order valence-corrected chi connectivity index (χ0v) is 11.1. The van der Waals surface area contributed by atoms with Crippen molar-refractivity contribution in [1.82, 2.24) is 0 Å². The van der Waals surface area contributed by atoms with E-state index in [1.165, 1.54) is 11.1 Å². The molecule has 0 fully saturated rings. The molecular weight excluding hydrogens is 248 g/mol. The van der Waals surface area contributed by atoms with E-state index in [4.69, 9.17) is 0 Å². The van der Waals surface area contributed by atoms with Gasteiger partial charge in [-0.25, -0.2) is 12.1 Å². The zero-order valence-electron chi connectivity index (χ0n) is 9.96. The molecule has 2 rings (SSSR count). The topological polar surface area (TPSA) is 0 Å². The summed E-state index contributed by atoms with van der Waals surface area (Å²) in [5.41, 5.74) is 2.69. The first-order valence-corrected chi connectivity index (χ1v) is 5.49. The van der Waals surface area contributed by atoms with Gasteiger partial charge in [0.25, 0.3) is 0 Å². The van der Waals surface area contributed by atoms with Crippen molar-refractivity contribution < 1.29 is 17.1 Å². The van der Waals surface area contributed by atoms with Gasteiger partial charge in [-0.1, -0.05) is 12.5 Å². The number of hydrogen-bond acceptors (Lipinski definition) is 0. The van der Waals surface area contributed by atoms with E-state index < -0.39 is 0 Å². The predicted molar refractivity (Wildman–Crippen MR) is 71.9 cm³/mol. The van der Waals surface area contributed by atoms with Gasteiger partial charge in [0.1, 0.15) is 0 Å². The van der Waals surface area contributed by atoms with Gasteiger partial charge in [0.05, 0.1) is 0 Å². The van der Waals surface area contributed by atoms with Crippen LogP contribution in [-0.2, 0) is 29.9 Å². The fourth-order valence-electron chi connectivity index (χ4n) is 1.43. The SMILES string of the molecule is C=CC[c-]1[cH-][cH-][cH-][cH-]1.C=CC[c-]1cccc1.[Fe]. The molecular formula is C16H18Fe-6. The minimum atomic E-state index is 0. The summed E-state index contributed by atoms with van der Waals surface area (Å²) in [5, 5.41) is 0. The molecule has 1 heteroatoms. The number of allylic oxidation sites excluding steroid dienone is 2. The second-order valence-electron chi connectivity index (χ2n) is 3.57. The van der Waals surface area contributed by atoms with Gasteiger partial charge in [-0.15, -0.1) is 19.2 Å². The average molecular weight is 266 g/mol. The molecule has 17 heavy (non-hydrogen) atoms. The third-order valence-electron chi connectivity index (χ3n) is 2.22. The van der Waals surface area contributed by atoms with Crippen LogP contribution < -0.4 is 0 Å². The monoisotopic (exact) mass is 266 g/mol. The molecule has 0 N–H and O–H groups in total. The van der Waals surface area contributed by atoms with Gasteiger partial charge in [-0.2, -0.15) is 24.1 Å². The Labute approximate surface area is 115 Å². The minimum Gasteiger partial charge on any atom is -0.748 e. The van der Waals surface area contributed by atoms with E-state index in [0.717, 1.165) is 12.8 Å². The summed E-state index contributed by atoms with van der Waals surface area (Å²) in [7, 11) is 0. The molecule has 0 saturated carbocycles. The molecule has 0 heterocycles. The number of hydrogen-bond donors (Lipinski definition) is 0. The Morgan fingerprint density at radius 3 is 1.94 bits per heavy atom. The summed E-state index contributed by atoms with van der Waals surface area (Å²) in [5.74, 6) is 0. The largest absolute Gasteiger partial charge is 0.748 e. The van der Waals surface area contributed by atoms with Gasteiger partial charge < -0.3 is 29.8 Å². The maximum Gasteiger partial charge on any atom is 0 e. The van der Waals surface area contributed by atoms with Crippen LogP contribution in [0.2, 0.25) is 0 Å². The van der Waals surface area contributed by atoms with E-state index in [2.05, 4.69) is 37.4 Å². The van der Waals surface area contributed by atoms with E-state index in [9.17, 15) is 0 Å². The normalized spacial score (nSPS) is 8.47. The molecule has 0 aromatic heterocycles. The first-order valence-electron chi connectivity index (χ1n) is 5.49. The Morgan fingerprint density at radius 1 is 0.941 bits per heavy atom. The summed E-state index contributed by atoms with van der Waals surface area (Å²) in [6.07, 6.45) is 5.81. The van der Waals surface area contributed by atoms with E-state index in [1.54, 1.807) is 0 Å². The molecule has 2 aromatic rings. The molecule has 0 aliphatic carbocycles. The third kappa shape index (κ3) is 6.78.